The lowest BCUT2D eigenvalue weighted by Gasteiger charge is -2.19. The van der Waals surface area contributed by atoms with Gasteiger partial charge in [-0.25, -0.2) is 0 Å². The first-order valence-electron chi connectivity index (χ1n) is 3.87. The van der Waals surface area contributed by atoms with E-state index < -0.39 is 5.60 Å². The van der Waals surface area contributed by atoms with Gasteiger partial charge in [0.05, 0.1) is 17.2 Å². The molecule has 0 saturated heterocycles. The summed E-state index contributed by atoms with van der Waals surface area (Å²) in [4.78, 5) is 0. The molecule has 13 heavy (non-hydrogen) atoms. The Morgan fingerprint density at radius 1 is 1.46 bits per heavy atom. The lowest BCUT2D eigenvalue weighted by Crippen LogP contribution is -2.16. The number of rotatable bonds is 1. The molecule has 2 nitrogen and oxygen atoms in total. The Kier molecular flexibility index (Phi) is 2.60. The van der Waals surface area contributed by atoms with Crippen molar-refractivity contribution in [3.63, 3.8) is 0 Å². The van der Waals surface area contributed by atoms with Gasteiger partial charge in [-0.1, -0.05) is 11.6 Å². The quantitative estimate of drug-likeness (QED) is 0.748. The number of halogens is 1. The van der Waals surface area contributed by atoms with Crippen molar-refractivity contribution in [2.45, 2.75) is 19.4 Å². The maximum atomic E-state index is 9.70. The lowest BCUT2D eigenvalue weighted by molar-refractivity contribution is 0.0787. The number of nitriles is 1. The second kappa shape index (κ2) is 3.37. The van der Waals surface area contributed by atoms with Crippen molar-refractivity contribution in [1.29, 1.82) is 5.26 Å². The maximum absolute atomic E-state index is 9.70. The maximum Gasteiger partial charge on any atom is 0.0991 e. The zero-order chi connectivity index (χ0) is 10.1. The predicted octanol–water partition coefficient (Wildman–Crippen LogP) is 2.44. The molecule has 0 heterocycles. The normalized spacial score (nSPS) is 11.0. The van der Waals surface area contributed by atoms with Crippen molar-refractivity contribution < 1.29 is 5.11 Å². The molecule has 0 amide bonds. The SMILES string of the molecule is CC(C)(O)c1cc(C#N)ccc1Cl. The summed E-state index contributed by atoms with van der Waals surface area (Å²) in [5.74, 6) is 0. The van der Waals surface area contributed by atoms with Gasteiger partial charge in [-0.2, -0.15) is 5.26 Å². The molecular weight excluding hydrogens is 186 g/mol. The molecular formula is C10H10ClNO. The topological polar surface area (TPSA) is 44.0 Å². The zero-order valence-corrected chi connectivity index (χ0v) is 8.26. The van der Waals surface area contributed by atoms with Crippen molar-refractivity contribution in [2.24, 2.45) is 0 Å². The predicted molar refractivity (Wildman–Crippen MR) is 51.4 cm³/mol. The van der Waals surface area contributed by atoms with Gasteiger partial charge in [0, 0.05) is 10.6 Å². The Morgan fingerprint density at radius 2 is 2.08 bits per heavy atom. The van der Waals surface area contributed by atoms with Crippen LogP contribution in [-0.2, 0) is 5.60 Å². The molecule has 0 unspecified atom stereocenters. The van der Waals surface area contributed by atoms with Gasteiger partial charge in [0.2, 0.25) is 0 Å². The average Bonchev–Trinajstić information content (AvgIpc) is 2.03. The Balaban J connectivity index is 3.29. The van der Waals surface area contributed by atoms with Crippen LogP contribution in [0.5, 0.6) is 0 Å². The first-order valence-corrected chi connectivity index (χ1v) is 4.25. The molecule has 1 aromatic carbocycles. The van der Waals surface area contributed by atoms with Crippen molar-refractivity contribution in [3.05, 3.63) is 34.3 Å². The van der Waals surface area contributed by atoms with Crippen LogP contribution in [0.15, 0.2) is 18.2 Å². The Hall–Kier alpha value is -1.04. The first kappa shape index (κ1) is 10.0. The van der Waals surface area contributed by atoms with Crippen LogP contribution in [0, 0.1) is 11.3 Å². The van der Waals surface area contributed by atoms with Gasteiger partial charge in [0.1, 0.15) is 0 Å². The van der Waals surface area contributed by atoms with E-state index in [4.69, 9.17) is 16.9 Å². The molecule has 1 rings (SSSR count). The van der Waals surface area contributed by atoms with Crippen LogP contribution < -0.4 is 0 Å². The van der Waals surface area contributed by atoms with E-state index in [9.17, 15) is 5.11 Å². The Bertz CT molecular complexity index is 360. The van der Waals surface area contributed by atoms with Crippen LogP contribution in [0.25, 0.3) is 0 Å². The molecule has 1 N–H and O–H groups in total. The zero-order valence-electron chi connectivity index (χ0n) is 7.50. The summed E-state index contributed by atoms with van der Waals surface area (Å²) in [7, 11) is 0. The fourth-order valence-electron chi connectivity index (χ4n) is 1.06. The number of hydrogen-bond acceptors (Lipinski definition) is 2. The van der Waals surface area contributed by atoms with Gasteiger partial charge >= 0.3 is 0 Å². The van der Waals surface area contributed by atoms with E-state index in [0.717, 1.165) is 0 Å². The molecule has 0 bridgehead atoms. The fourth-order valence-corrected chi connectivity index (χ4v) is 1.41. The molecule has 0 aliphatic heterocycles. The van der Waals surface area contributed by atoms with Crippen LogP contribution in [0.2, 0.25) is 5.02 Å². The fraction of sp³-hybridized carbons (Fsp3) is 0.300. The number of nitrogens with zero attached hydrogens (tertiary/aromatic N) is 1. The van der Waals surface area contributed by atoms with Crippen LogP contribution in [0.4, 0.5) is 0 Å². The van der Waals surface area contributed by atoms with Crippen molar-refractivity contribution in [1.82, 2.24) is 0 Å². The minimum atomic E-state index is -1.01. The standard InChI is InChI=1S/C10H10ClNO/c1-10(2,13)8-5-7(6-12)3-4-9(8)11/h3-5,13H,1-2H3. The van der Waals surface area contributed by atoms with E-state index >= 15 is 0 Å². The molecule has 3 heteroatoms. The second-order valence-corrected chi connectivity index (χ2v) is 3.77. The van der Waals surface area contributed by atoms with E-state index in [1.807, 2.05) is 6.07 Å². The summed E-state index contributed by atoms with van der Waals surface area (Å²) in [6, 6.07) is 6.84. The van der Waals surface area contributed by atoms with Gasteiger partial charge in [-0.05, 0) is 32.0 Å². The molecule has 68 valence electrons. The van der Waals surface area contributed by atoms with Crippen LogP contribution in [0.1, 0.15) is 25.0 Å². The van der Waals surface area contributed by atoms with Crippen molar-refractivity contribution >= 4 is 11.6 Å². The highest BCUT2D eigenvalue weighted by atomic mass is 35.5. The third kappa shape index (κ3) is 2.21. The summed E-state index contributed by atoms with van der Waals surface area (Å²) in [6.45, 7) is 3.27. The molecule has 0 fully saturated rings. The Labute approximate surface area is 82.4 Å². The molecule has 1 aromatic rings. The van der Waals surface area contributed by atoms with Crippen molar-refractivity contribution in [2.75, 3.05) is 0 Å². The first-order chi connectivity index (χ1) is 5.95. The Morgan fingerprint density at radius 3 is 2.54 bits per heavy atom. The van der Waals surface area contributed by atoms with E-state index in [-0.39, 0.29) is 0 Å². The van der Waals surface area contributed by atoms with Gasteiger partial charge in [-0.15, -0.1) is 0 Å². The highest BCUT2D eigenvalue weighted by Crippen LogP contribution is 2.28. The number of aliphatic hydroxyl groups is 1. The number of benzene rings is 1. The van der Waals surface area contributed by atoms with E-state index in [1.165, 1.54) is 0 Å². The van der Waals surface area contributed by atoms with Gasteiger partial charge in [0.25, 0.3) is 0 Å². The molecule has 0 aromatic heterocycles. The third-order valence-corrected chi connectivity index (χ3v) is 2.08. The summed E-state index contributed by atoms with van der Waals surface area (Å²) in [5.41, 5.74) is 0.0685. The largest absolute Gasteiger partial charge is 0.386 e. The van der Waals surface area contributed by atoms with Crippen LogP contribution in [0.3, 0.4) is 0 Å². The molecule has 0 aliphatic carbocycles. The molecule has 0 atom stereocenters. The van der Waals surface area contributed by atoms with Gasteiger partial charge < -0.3 is 5.11 Å². The highest BCUT2D eigenvalue weighted by molar-refractivity contribution is 6.31. The molecule has 0 aliphatic rings. The summed E-state index contributed by atoms with van der Waals surface area (Å²) in [6.07, 6.45) is 0. The number of hydrogen-bond donors (Lipinski definition) is 1. The summed E-state index contributed by atoms with van der Waals surface area (Å²) in [5, 5.41) is 18.8. The van der Waals surface area contributed by atoms with Gasteiger partial charge in [0.15, 0.2) is 0 Å². The molecule has 0 radical (unpaired) electrons. The van der Waals surface area contributed by atoms with Crippen LogP contribution >= 0.6 is 11.6 Å². The minimum Gasteiger partial charge on any atom is -0.386 e. The molecule has 0 saturated carbocycles. The lowest BCUT2D eigenvalue weighted by atomic mass is 9.97. The van der Waals surface area contributed by atoms with E-state index in [0.29, 0.717) is 16.1 Å². The smallest absolute Gasteiger partial charge is 0.0991 e. The van der Waals surface area contributed by atoms with Crippen molar-refractivity contribution in [3.8, 4) is 6.07 Å². The summed E-state index contributed by atoms with van der Waals surface area (Å²) >= 11 is 5.87. The van der Waals surface area contributed by atoms with Crippen LogP contribution in [-0.4, -0.2) is 5.11 Å². The third-order valence-electron chi connectivity index (χ3n) is 1.75. The molecule has 0 spiro atoms. The van der Waals surface area contributed by atoms with Gasteiger partial charge in [-0.3, -0.25) is 0 Å². The van der Waals surface area contributed by atoms with E-state index in [1.54, 1.807) is 32.0 Å². The second-order valence-electron chi connectivity index (χ2n) is 3.37. The summed E-state index contributed by atoms with van der Waals surface area (Å²) < 4.78 is 0. The average molecular weight is 196 g/mol. The monoisotopic (exact) mass is 195 g/mol. The highest BCUT2D eigenvalue weighted by Gasteiger charge is 2.19. The van der Waals surface area contributed by atoms with E-state index in [2.05, 4.69) is 0 Å². The minimum absolute atomic E-state index is 0.478.